The number of amides is 1. The number of hydrogen-bond acceptors (Lipinski definition) is 4. The molecule has 1 amide bonds. The average molecular weight is 380 g/mol. The molecule has 0 bridgehead atoms. The number of carbonyl (C=O) groups is 2. The van der Waals surface area contributed by atoms with Crippen molar-refractivity contribution in [2.45, 2.75) is 33.2 Å². The number of piperidine rings is 1. The Hall–Kier alpha value is -2.66. The SMILES string of the molecule is COc1ccc(C(=O)[C@@H]2CCCN(Cc3ccc(NC(C)=O)cc3)C2)c(C)c1. The Bertz CT molecular complexity index is 845. The van der Waals surface area contributed by atoms with Gasteiger partial charge in [0, 0.05) is 37.2 Å². The second-order valence-corrected chi connectivity index (χ2v) is 7.50. The normalized spacial score (nSPS) is 17.2. The third kappa shape index (κ3) is 4.98. The van der Waals surface area contributed by atoms with E-state index in [1.165, 1.54) is 12.5 Å². The van der Waals surface area contributed by atoms with Crippen molar-refractivity contribution < 1.29 is 14.3 Å². The lowest BCUT2D eigenvalue weighted by Crippen LogP contribution is -2.38. The van der Waals surface area contributed by atoms with Gasteiger partial charge in [-0.1, -0.05) is 12.1 Å². The lowest BCUT2D eigenvalue weighted by Gasteiger charge is -2.32. The van der Waals surface area contributed by atoms with E-state index in [1.54, 1.807) is 7.11 Å². The predicted molar refractivity (Wildman–Crippen MR) is 111 cm³/mol. The fourth-order valence-corrected chi connectivity index (χ4v) is 3.83. The zero-order valence-corrected chi connectivity index (χ0v) is 16.8. The van der Waals surface area contributed by atoms with Crippen molar-refractivity contribution in [3.05, 3.63) is 59.2 Å². The molecule has 0 aromatic heterocycles. The maximum absolute atomic E-state index is 13.1. The number of ether oxygens (including phenoxy) is 1. The van der Waals surface area contributed by atoms with Crippen molar-refractivity contribution in [3.8, 4) is 5.75 Å². The second-order valence-electron chi connectivity index (χ2n) is 7.50. The van der Waals surface area contributed by atoms with Crippen LogP contribution in [0.3, 0.4) is 0 Å². The molecule has 1 aliphatic rings. The molecule has 0 saturated carbocycles. The van der Waals surface area contributed by atoms with E-state index in [2.05, 4.69) is 10.2 Å². The summed E-state index contributed by atoms with van der Waals surface area (Å²) < 4.78 is 5.25. The van der Waals surface area contributed by atoms with Crippen LogP contribution in [0.25, 0.3) is 0 Å². The van der Waals surface area contributed by atoms with Crippen molar-refractivity contribution in [2.75, 3.05) is 25.5 Å². The Kier molecular flexibility index (Phi) is 6.47. The van der Waals surface area contributed by atoms with E-state index in [0.29, 0.717) is 0 Å². The van der Waals surface area contributed by atoms with Gasteiger partial charge in [-0.05, 0) is 67.8 Å². The molecule has 5 heteroatoms. The zero-order chi connectivity index (χ0) is 20.1. The molecule has 2 aromatic rings. The average Bonchev–Trinajstić information content (AvgIpc) is 2.68. The number of likely N-dealkylation sites (tertiary alicyclic amines) is 1. The van der Waals surface area contributed by atoms with Gasteiger partial charge in [0.2, 0.25) is 5.91 Å². The first kappa shape index (κ1) is 20.1. The Balaban J connectivity index is 1.63. The Morgan fingerprint density at radius 1 is 1.18 bits per heavy atom. The first-order valence-electron chi connectivity index (χ1n) is 9.74. The van der Waals surface area contributed by atoms with Crippen LogP contribution in [0.5, 0.6) is 5.75 Å². The molecule has 0 unspecified atom stereocenters. The highest BCUT2D eigenvalue weighted by molar-refractivity contribution is 5.99. The van der Waals surface area contributed by atoms with Crippen LogP contribution >= 0.6 is 0 Å². The van der Waals surface area contributed by atoms with Crippen molar-refractivity contribution in [1.29, 1.82) is 0 Å². The van der Waals surface area contributed by atoms with Crippen LogP contribution in [0.4, 0.5) is 5.69 Å². The number of Topliss-reactive ketones (excluding diaryl/α,β-unsaturated/α-hetero) is 1. The third-order valence-corrected chi connectivity index (χ3v) is 5.26. The molecule has 28 heavy (non-hydrogen) atoms. The molecule has 1 saturated heterocycles. The number of nitrogens with one attached hydrogen (secondary N) is 1. The second kappa shape index (κ2) is 9.02. The number of ketones is 1. The number of hydrogen-bond donors (Lipinski definition) is 1. The topological polar surface area (TPSA) is 58.6 Å². The summed E-state index contributed by atoms with van der Waals surface area (Å²) in [6.45, 7) is 6.05. The minimum absolute atomic E-state index is 0.0273. The van der Waals surface area contributed by atoms with Gasteiger partial charge in [-0.2, -0.15) is 0 Å². The molecule has 0 spiro atoms. The standard InChI is InChI=1S/C23H28N2O3/c1-16-13-21(28-3)10-11-22(16)23(27)19-5-4-12-25(15-19)14-18-6-8-20(9-7-18)24-17(2)26/h6-11,13,19H,4-5,12,14-15H2,1-3H3,(H,24,26)/t19-/m1/s1. The van der Waals surface area contributed by atoms with Gasteiger partial charge in [0.25, 0.3) is 0 Å². The Labute approximate surface area is 166 Å². The number of aryl methyl sites for hydroxylation is 1. The molecule has 5 nitrogen and oxygen atoms in total. The summed E-state index contributed by atoms with van der Waals surface area (Å²) in [6, 6.07) is 13.6. The van der Waals surface area contributed by atoms with Crippen LogP contribution in [0.15, 0.2) is 42.5 Å². The van der Waals surface area contributed by atoms with Crippen LogP contribution in [-0.2, 0) is 11.3 Å². The summed E-state index contributed by atoms with van der Waals surface area (Å²) >= 11 is 0. The summed E-state index contributed by atoms with van der Waals surface area (Å²) in [5, 5.41) is 2.78. The molecule has 1 N–H and O–H groups in total. The van der Waals surface area contributed by atoms with Crippen LogP contribution in [0.2, 0.25) is 0 Å². The van der Waals surface area contributed by atoms with Gasteiger partial charge in [-0.15, -0.1) is 0 Å². The van der Waals surface area contributed by atoms with Gasteiger partial charge in [0.05, 0.1) is 7.11 Å². The van der Waals surface area contributed by atoms with Gasteiger partial charge >= 0.3 is 0 Å². The van der Waals surface area contributed by atoms with E-state index in [4.69, 9.17) is 4.74 Å². The smallest absolute Gasteiger partial charge is 0.221 e. The first-order chi connectivity index (χ1) is 13.5. The number of rotatable bonds is 6. The van der Waals surface area contributed by atoms with Gasteiger partial charge in [-0.25, -0.2) is 0 Å². The summed E-state index contributed by atoms with van der Waals surface area (Å²) in [7, 11) is 1.64. The quantitative estimate of drug-likeness (QED) is 0.768. The highest BCUT2D eigenvalue weighted by Crippen LogP contribution is 2.26. The highest BCUT2D eigenvalue weighted by Gasteiger charge is 2.27. The Morgan fingerprint density at radius 2 is 1.93 bits per heavy atom. The summed E-state index contributed by atoms with van der Waals surface area (Å²) in [5.74, 6) is 0.964. The minimum atomic E-state index is -0.0704. The third-order valence-electron chi connectivity index (χ3n) is 5.26. The summed E-state index contributed by atoms with van der Waals surface area (Å²) in [4.78, 5) is 26.5. The summed E-state index contributed by atoms with van der Waals surface area (Å²) in [6.07, 6.45) is 1.96. The van der Waals surface area contributed by atoms with E-state index in [0.717, 1.165) is 55.0 Å². The van der Waals surface area contributed by atoms with Crippen molar-refractivity contribution >= 4 is 17.4 Å². The van der Waals surface area contributed by atoms with Gasteiger partial charge < -0.3 is 10.1 Å². The fourth-order valence-electron chi connectivity index (χ4n) is 3.83. The lowest BCUT2D eigenvalue weighted by atomic mass is 9.88. The van der Waals surface area contributed by atoms with E-state index in [1.807, 2.05) is 49.4 Å². The van der Waals surface area contributed by atoms with Crippen LogP contribution < -0.4 is 10.1 Å². The molecule has 148 valence electrons. The van der Waals surface area contributed by atoms with Gasteiger partial charge in [-0.3, -0.25) is 14.5 Å². The number of nitrogens with zero attached hydrogens (tertiary/aromatic N) is 1. The number of benzene rings is 2. The van der Waals surface area contributed by atoms with Crippen molar-refractivity contribution in [1.82, 2.24) is 4.90 Å². The van der Waals surface area contributed by atoms with Gasteiger partial charge in [0.1, 0.15) is 5.75 Å². The lowest BCUT2D eigenvalue weighted by molar-refractivity contribution is -0.114. The molecule has 3 rings (SSSR count). The molecular formula is C23H28N2O3. The van der Waals surface area contributed by atoms with Crippen LogP contribution in [0.1, 0.15) is 41.3 Å². The predicted octanol–water partition coefficient (Wildman–Crippen LogP) is 4.06. The minimum Gasteiger partial charge on any atom is -0.497 e. The molecule has 1 fully saturated rings. The molecular weight excluding hydrogens is 352 g/mol. The van der Waals surface area contributed by atoms with E-state index in [-0.39, 0.29) is 17.6 Å². The van der Waals surface area contributed by atoms with Crippen LogP contribution in [-0.4, -0.2) is 36.8 Å². The number of carbonyl (C=O) groups excluding carboxylic acids is 2. The van der Waals surface area contributed by atoms with Gasteiger partial charge in [0.15, 0.2) is 5.78 Å². The first-order valence-corrected chi connectivity index (χ1v) is 9.74. The molecule has 1 heterocycles. The molecule has 0 radical (unpaired) electrons. The largest absolute Gasteiger partial charge is 0.497 e. The van der Waals surface area contributed by atoms with Crippen molar-refractivity contribution in [2.24, 2.45) is 5.92 Å². The fraction of sp³-hybridized carbons (Fsp3) is 0.391. The maximum Gasteiger partial charge on any atom is 0.221 e. The van der Waals surface area contributed by atoms with E-state index in [9.17, 15) is 9.59 Å². The Morgan fingerprint density at radius 3 is 2.57 bits per heavy atom. The molecule has 1 atom stereocenters. The van der Waals surface area contributed by atoms with Crippen LogP contribution in [0, 0.1) is 12.8 Å². The van der Waals surface area contributed by atoms with E-state index < -0.39 is 0 Å². The number of anilines is 1. The van der Waals surface area contributed by atoms with E-state index >= 15 is 0 Å². The molecule has 2 aromatic carbocycles. The monoisotopic (exact) mass is 380 g/mol. The summed E-state index contributed by atoms with van der Waals surface area (Å²) in [5.41, 5.74) is 3.75. The zero-order valence-electron chi connectivity index (χ0n) is 16.8. The number of methoxy groups -OCH3 is 1. The molecule has 0 aliphatic carbocycles. The molecule has 1 aliphatic heterocycles. The highest BCUT2D eigenvalue weighted by atomic mass is 16.5. The van der Waals surface area contributed by atoms with Crippen molar-refractivity contribution in [3.63, 3.8) is 0 Å². The maximum atomic E-state index is 13.1.